The quantitative estimate of drug-likeness (QED) is 0.833. The molecule has 0 aliphatic carbocycles. The van der Waals surface area contributed by atoms with Crippen LogP contribution in [0, 0.1) is 5.92 Å². The predicted molar refractivity (Wildman–Crippen MR) is 80.3 cm³/mol. The first-order valence-corrected chi connectivity index (χ1v) is 6.72. The summed E-state index contributed by atoms with van der Waals surface area (Å²) in [5.41, 5.74) is 1.06. The van der Waals surface area contributed by atoms with Crippen molar-refractivity contribution in [2.45, 2.75) is 38.5 Å². The average Bonchev–Trinajstić information content (AvgIpc) is 2.38. The highest BCUT2D eigenvalue weighted by Gasteiger charge is 2.41. The summed E-state index contributed by atoms with van der Waals surface area (Å²) < 4.78 is 5.02. The lowest BCUT2D eigenvalue weighted by Crippen LogP contribution is -2.52. The zero-order valence-electron chi connectivity index (χ0n) is 12.0. The lowest BCUT2D eigenvalue weighted by atomic mass is 9.88. The number of hydrogen-bond donors (Lipinski definition) is 2. The molecule has 0 amide bonds. The first kappa shape index (κ1) is 17.5. The number of halogens is 1. The maximum absolute atomic E-state index is 11.5. The molecular weight excluding hydrogens is 294 g/mol. The van der Waals surface area contributed by atoms with Crippen LogP contribution in [0.3, 0.4) is 0 Å². The van der Waals surface area contributed by atoms with E-state index in [0.29, 0.717) is 0 Å². The molecular formula is C15H20ClNO4. The monoisotopic (exact) mass is 313 g/mol. The lowest BCUT2D eigenvalue weighted by molar-refractivity contribution is -0.167. The van der Waals surface area contributed by atoms with Gasteiger partial charge in [-0.3, -0.25) is 9.59 Å². The van der Waals surface area contributed by atoms with Crippen LogP contribution < -0.4 is 5.32 Å². The number of aliphatic carboxylic acids is 1. The highest BCUT2D eigenvalue weighted by molar-refractivity contribution is 5.85. The molecule has 1 aliphatic heterocycles. The summed E-state index contributed by atoms with van der Waals surface area (Å²) in [7, 11) is 0. The fraction of sp³-hybridized carbons (Fsp3) is 0.467. The molecule has 1 aliphatic rings. The first-order valence-electron chi connectivity index (χ1n) is 6.72. The van der Waals surface area contributed by atoms with E-state index < -0.39 is 24.0 Å². The largest absolute Gasteiger partial charge is 0.481 e. The standard InChI is InChI=1S/C15H19NO4.ClH/c1-9(11-6-4-3-5-7-11)16-12-8-13(17)20-10(2)14(12)15(18)19;/h3-7,9-10,12,14,16H,8H2,1-2H3,(H,18,19);1H/t9-,10-,12+,14+;/m1./s1. The van der Waals surface area contributed by atoms with Gasteiger partial charge in [-0.1, -0.05) is 30.3 Å². The van der Waals surface area contributed by atoms with Gasteiger partial charge >= 0.3 is 11.9 Å². The van der Waals surface area contributed by atoms with Gasteiger partial charge in [-0.15, -0.1) is 12.4 Å². The summed E-state index contributed by atoms with van der Waals surface area (Å²) in [6, 6.07) is 9.28. The maximum Gasteiger partial charge on any atom is 0.311 e. The summed E-state index contributed by atoms with van der Waals surface area (Å²) in [5, 5.41) is 12.6. The maximum atomic E-state index is 11.5. The Morgan fingerprint density at radius 1 is 1.38 bits per heavy atom. The highest BCUT2D eigenvalue weighted by Crippen LogP contribution is 2.25. The molecule has 1 heterocycles. The van der Waals surface area contributed by atoms with E-state index in [-0.39, 0.29) is 30.8 Å². The van der Waals surface area contributed by atoms with Gasteiger partial charge in [-0.2, -0.15) is 0 Å². The molecule has 0 radical (unpaired) electrons. The van der Waals surface area contributed by atoms with E-state index in [4.69, 9.17) is 4.74 Å². The fourth-order valence-corrected chi connectivity index (χ4v) is 2.66. The molecule has 1 fully saturated rings. The molecule has 2 N–H and O–H groups in total. The Morgan fingerprint density at radius 3 is 2.57 bits per heavy atom. The minimum absolute atomic E-state index is 0. The van der Waals surface area contributed by atoms with Crippen molar-refractivity contribution in [3.8, 4) is 0 Å². The molecule has 4 atom stereocenters. The van der Waals surface area contributed by atoms with E-state index in [0.717, 1.165) is 5.56 Å². The van der Waals surface area contributed by atoms with E-state index in [1.165, 1.54) is 0 Å². The second-order valence-corrected chi connectivity index (χ2v) is 5.17. The van der Waals surface area contributed by atoms with Crippen molar-refractivity contribution >= 4 is 24.3 Å². The third kappa shape index (κ3) is 4.19. The number of cyclic esters (lactones) is 1. The topological polar surface area (TPSA) is 75.6 Å². The van der Waals surface area contributed by atoms with E-state index in [2.05, 4.69) is 5.32 Å². The van der Waals surface area contributed by atoms with Gasteiger partial charge in [0.05, 0.1) is 6.42 Å². The number of esters is 1. The molecule has 116 valence electrons. The normalized spacial score (nSPS) is 26.4. The van der Waals surface area contributed by atoms with Crippen molar-refractivity contribution in [1.29, 1.82) is 0 Å². The zero-order valence-corrected chi connectivity index (χ0v) is 12.8. The molecule has 0 bridgehead atoms. The number of rotatable bonds is 4. The van der Waals surface area contributed by atoms with Crippen LogP contribution in [-0.4, -0.2) is 29.2 Å². The molecule has 5 nitrogen and oxygen atoms in total. The third-order valence-corrected chi connectivity index (χ3v) is 3.69. The van der Waals surface area contributed by atoms with Gasteiger partial charge in [0.2, 0.25) is 0 Å². The number of benzene rings is 1. The Labute approximate surface area is 130 Å². The highest BCUT2D eigenvalue weighted by atomic mass is 35.5. The fourth-order valence-electron chi connectivity index (χ4n) is 2.66. The summed E-state index contributed by atoms with van der Waals surface area (Å²) in [4.78, 5) is 22.9. The second kappa shape index (κ2) is 7.43. The van der Waals surface area contributed by atoms with Crippen LogP contribution in [0.2, 0.25) is 0 Å². The van der Waals surface area contributed by atoms with Crippen LogP contribution in [0.5, 0.6) is 0 Å². The van der Waals surface area contributed by atoms with Crippen molar-refractivity contribution in [1.82, 2.24) is 5.32 Å². The van der Waals surface area contributed by atoms with Crippen molar-refractivity contribution in [3.05, 3.63) is 35.9 Å². The average molecular weight is 314 g/mol. The van der Waals surface area contributed by atoms with Crippen molar-refractivity contribution in [2.24, 2.45) is 5.92 Å². The summed E-state index contributed by atoms with van der Waals surface area (Å²) in [5.74, 6) is -2.02. The number of ether oxygens (including phenoxy) is 1. The Balaban J connectivity index is 0.00000220. The lowest BCUT2D eigenvalue weighted by Gasteiger charge is -2.35. The molecule has 2 rings (SSSR count). The summed E-state index contributed by atoms with van der Waals surface area (Å²) >= 11 is 0. The minimum atomic E-state index is -0.942. The van der Waals surface area contributed by atoms with Gasteiger partial charge in [0, 0.05) is 12.1 Å². The molecule has 0 aromatic heterocycles. The molecule has 0 saturated carbocycles. The molecule has 1 aromatic rings. The Kier molecular flexibility index (Phi) is 6.18. The van der Waals surface area contributed by atoms with Crippen LogP contribution >= 0.6 is 12.4 Å². The number of nitrogens with one attached hydrogen (secondary N) is 1. The zero-order chi connectivity index (χ0) is 14.7. The van der Waals surface area contributed by atoms with E-state index in [1.54, 1.807) is 6.92 Å². The van der Waals surface area contributed by atoms with Gasteiger partial charge in [0.15, 0.2) is 0 Å². The smallest absolute Gasteiger partial charge is 0.311 e. The number of carboxylic acids is 1. The SMILES string of the molecule is C[C@@H](N[C@H]1CC(=O)O[C@H](C)[C@@H]1C(=O)O)c1ccccc1.Cl. The summed E-state index contributed by atoms with van der Waals surface area (Å²) in [6.07, 6.45) is -0.535. The van der Waals surface area contributed by atoms with Gasteiger partial charge in [-0.05, 0) is 19.4 Å². The predicted octanol–water partition coefficient (Wildman–Crippen LogP) is 2.16. The number of carbonyl (C=O) groups excluding carboxylic acids is 1. The van der Waals surface area contributed by atoms with E-state index in [1.807, 2.05) is 37.3 Å². The molecule has 0 spiro atoms. The van der Waals surface area contributed by atoms with Crippen molar-refractivity contribution < 1.29 is 19.4 Å². The number of hydrogen-bond acceptors (Lipinski definition) is 4. The van der Waals surface area contributed by atoms with E-state index in [9.17, 15) is 14.7 Å². The van der Waals surface area contributed by atoms with Crippen LogP contribution in [0.1, 0.15) is 31.9 Å². The molecule has 21 heavy (non-hydrogen) atoms. The van der Waals surface area contributed by atoms with Gasteiger partial charge in [0.25, 0.3) is 0 Å². The van der Waals surface area contributed by atoms with E-state index >= 15 is 0 Å². The second-order valence-electron chi connectivity index (χ2n) is 5.17. The summed E-state index contributed by atoms with van der Waals surface area (Å²) in [6.45, 7) is 3.58. The van der Waals surface area contributed by atoms with Crippen molar-refractivity contribution in [3.63, 3.8) is 0 Å². The minimum Gasteiger partial charge on any atom is -0.481 e. The molecule has 6 heteroatoms. The molecule has 0 unspecified atom stereocenters. The van der Waals surface area contributed by atoms with Crippen molar-refractivity contribution in [2.75, 3.05) is 0 Å². The first-order chi connectivity index (χ1) is 9.49. The van der Waals surface area contributed by atoms with Crippen LogP contribution in [0.15, 0.2) is 30.3 Å². The van der Waals surface area contributed by atoms with Gasteiger partial charge < -0.3 is 15.2 Å². The Hall–Kier alpha value is -1.59. The van der Waals surface area contributed by atoms with Crippen LogP contribution in [0.4, 0.5) is 0 Å². The molecule has 1 aromatic carbocycles. The Morgan fingerprint density at radius 2 is 2.00 bits per heavy atom. The van der Waals surface area contributed by atoms with Gasteiger partial charge in [0.1, 0.15) is 12.0 Å². The Bertz CT molecular complexity index is 494. The van der Waals surface area contributed by atoms with Crippen LogP contribution in [0.25, 0.3) is 0 Å². The van der Waals surface area contributed by atoms with Gasteiger partial charge in [-0.25, -0.2) is 0 Å². The molecule has 1 saturated heterocycles. The number of carboxylic acid groups (broad SMARTS) is 1. The van der Waals surface area contributed by atoms with Crippen LogP contribution in [-0.2, 0) is 14.3 Å². The number of carbonyl (C=O) groups is 2. The third-order valence-electron chi connectivity index (χ3n) is 3.69.